The average molecular weight is 365 g/mol. The predicted molar refractivity (Wildman–Crippen MR) is 112 cm³/mol. The van der Waals surface area contributed by atoms with Gasteiger partial charge in [-0.2, -0.15) is 0 Å². The second-order valence-electron chi connectivity index (χ2n) is 7.17. The van der Waals surface area contributed by atoms with Crippen LogP contribution >= 0.6 is 12.2 Å². The van der Waals surface area contributed by atoms with Crippen LogP contribution in [0.1, 0.15) is 35.7 Å². The third-order valence-corrected chi connectivity index (χ3v) is 5.49. The van der Waals surface area contributed by atoms with Crippen molar-refractivity contribution in [2.45, 2.75) is 32.6 Å². The molecular weight excluding hydrogens is 340 g/mol. The van der Waals surface area contributed by atoms with E-state index in [9.17, 15) is 0 Å². The fraction of sp³-hybridized carbons (Fsp3) is 0.333. The Kier molecular flexibility index (Phi) is 4.64. The lowest BCUT2D eigenvalue weighted by Gasteiger charge is -2.34. The van der Waals surface area contributed by atoms with Crippen molar-refractivity contribution in [3.8, 4) is 0 Å². The summed E-state index contributed by atoms with van der Waals surface area (Å²) in [5.41, 5.74) is 5.72. The molecule has 134 valence electrons. The molecule has 2 heterocycles. The summed E-state index contributed by atoms with van der Waals surface area (Å²) >= 11 is 5.70. The normalized spacial score (nSPS) is 17.5. The van der Waals surface area contributed by atoms with Gasteiger partial charge in [0.25, 0.3) is 0 Å². The van der Waals surface area contributed by atoms with Gasteiger partial charge in [0.05, 0.1) is 11.0 Å². The molecule has 26 heavy (non-hydrogen) atoms. The van der Waals surface area contributed by atoms with Crippen molar-refractivity contribution in [3.05, 3.63) is 59.4 Å². The van der Waals surface area contributed by atoms with Gasteiger partial charge in [-0.3, -0.25) is 0 Å². The van der Waals surface area contributed by atoms with Gasteiger partial charge in [0.2, 0.25) is 0 Å². The molecule has 0 aliphatic carbocycles. The lowest BCUT2D eigenvalue weighted by molar-refractivity contribution is 0.307. The molecule has 0 amide bonds. The number of hydrogen-bond acceptors (Lipinski definition) is 2. The number of para-hydroxylation sites is 2. The Morgan fingerprint density at radius 3 is 2.88 bits per heavy atom. The molecule has 1 aliphatic rings. The molecule has 2 aromatic carbocycles. The maximum atomic E-state index is 5.70. The summed E-state index contributed by atoms with van der Waals surface area (Å²) in [6, 6.07) is 14.6. The van der Waals surface area contributed by atoms with Gasteiger partial charge >= 0.3 is 0 Å². The van der Waals surface area contributed by atoms with E-state index in [2.05, 4.69) is 59.4 Å². The lowest BCUT2D eigenvalue weighted by atomic mass is 9.98. The standard InChI is InChI=1S/C21H24N4S/c1-14-9-10-17(15(2)12-14)24-21(26)25-11-5-6-16(13-25)20-22-18-7-3-4-8-19(18)23-20/h3-4,7-10,12,16H,5-6,11,13H2,1-2H3,(H,22,23)(H,24,26). The summed E-state index contributed by atoms with van der Waals surface area (Å²) in [5.74, 6) is 1.46. The third kappa shape index (κ3) is 3.44. The summed E-state index contributed by atoms with van der Waals surface area (Å²) < 4.78 is 0. The van der Waals surface area contributed by atoms with E-state index in [4.69, 9.17) is 17.2 Å². The third-order valence-electron chi connectivity index (χ3n) is 5.13. The maximum absolute atomic E-state index is 5.70. The van der Waals surface area contributed by atoms with Crippen LogP contribution in [0, 0.1) is 13.8 Å². The predicted octanol–water partition coefficient (Wildman–Crippen LogP) is 4.76. The molecule has 1 aliphatic heterocycles. The zero-order chi connectivity index (χ0) is 18.1. The Bertz CT molecular complexity index is 913. The first-order valence-electron chi connectivity index (χ1n) is 9.18. The van der Waals surface area contributed by atoms with E-state index in [1.54, 1.807) is 0 Å². The lowest BCUT2D eigenvalue weighted by Crippen LogP contribution is -2.41. The number of likely N-dealkylation sites (tertiary alicyclic amines) is 1. The largest absolute Gasteiger partial charge is 0.348 e. The number of rotatable bonds is 2. The van der Waals surface area contributed by atoms with E-state index < -0.39 is 0 Å². The molecule has 2 N–H and O–H groups in total. The van der Waals surface area contributed by atoms with Gasteiger partial charge in [-0.25, -0.2) is 4.98 Å². The molecule has 4 rings (SSSR count). The summed E-state index contributed by atoms with van der Waals surface area (Å²) in [5, 5.41) is 4.24. The zero-order valence-corrected chi connectivity index (χ0v) is 16.1. The van der Waals surface area contributed by atoms with Crippen molar-refractivity contribution >= 4 is 34.1 Å². The quantitative estimate of drug-likeness (QED) is 0.644. The number of aryl methyl sites for hydroxylation is 2. The Hall–Kier alpha value is -2.40. The number of fused-ring (bicyclic) bond motifs is 1. The number of aromatic nitrogens is 2. The molecule has 0 radical (unpaired) electrons. The number of nitrogens with one attached hydrogen (secondary N) is 2. The number of hydrogen-bond donors (Lipinski definition) is 2. The Labute approximate surface area is 159 Å². The Balaban J connectivity index is 1.48. The number of nitrogens with zero attached hydrogens (tertiary/aromatic N) is 2. The highest BCUT2D eigenvalue weighted by atomic mass is 32.1. The number of anilines is 1. The Morgan fingerprint density at radius 1 is 1.23 bits per heavy atom. The van der Waals surface area contributed by atoms with Crippen LogP contribution in [0.5, 0.6) is 0 Å². The molecule has 1 atom stereocenters. The average Bonchev–Trinajstić information content (AvgIpc) is 3.08. The van der Waals surface area contributed by atoms with E-state index in [0.29, 0.717) is 5.92 Å². The van der Waals surface area contributed by atoms with Crippen LogP contribution < -0.4 is 5.32 Å². The summed E-state index contributed by atoms with van der Waals surface area (Å²) in [6.07, 6.45) is 2.26. The van der Waals surface area contributed by atoms with Crippen LogP contribution in [-0.2, 0) is 0 Å². The fourth-order valence-corrected chi connectivity index (χ4v) is 3.97. The SMILES string of the molecule is Cc1ccc(NC(=S)N2CCCC(c3nc4ccccc4[nH]3)C2)c(C)c1. The van der Waals surface area contributed by atoms with Crippen molar-refractivity contribution in [1.29, 1.82) is 0 Å². The first kappa shape index (κ1) is 17.0. The van der Waals surface area contributed by atoms with Crippen molar-refractivity contribution in [2.24, 2.45) is 0 Å². The fourth-order valence-electron chi connectivity index (χ4n) is 3.70. The van der Waals surface area contributed by atoms with Crippen molar-refractivity contribution < 1.29 is 0 Å². The molecule has 0 bridgehead atoms. The first-order chi connectivity index (χ1) is 12.6. The molecule has 1 saturated heterocycles. The van der Waals surface area contributed by atoms with E-state index in [1.807, 2.05) is 12.1 Å². The minimum Gasteiger partial charge on any atom is -0.348 e. The van der Waals surface area contributed by atoms with Gasteiger partial charge in [-0.15, -0.1) is 0 Å². The van der Waals surface area contributed by atoms with Gasteiger partial charge < -0.3 is 15.2 Å². The van der Waals surface area contributed by atoms with E-state index >= 15 is 0 Å². The van der Waals surface area contributed by atoms with Gasteiger partial charge in [0, 0.05) is 24.7 Å². The highest BCUT2D eigenvalue weighted by molar-refractivity contribution is 7.80. The van der Waals surface area contributed by atoms with Crippen LogP contribution in [0.2, 0.25) is 0 Å². The van der Waals surface area contributed by atoms with Crippen molar-refractivity contribution in [3.63, 3.8) is 0 Å². The minimum absolute atomic E-state index is 0.384. The minimum atomic E-state index is 0.384. The van der Waals surface area contributed by atoms with Gasteiger partial charge in [0.1, 0.15) is 5.82 Å². The molecule has 3 aromatic rings. The van der Waals surface area contributed by atoms with Crippen molar-refractivity contribution in [2.75, 3.05) is 18.4 Å². The van der Waals surface area contributed by atoms with Crippen LogP contribution in [0.25, 0.3) is 11.0 Å². The summed E-state index contributed by atoms with van der Waals surface area (Å²) in [4.78, 5) is 10.6. The van der Waals surface area contributed by atoms with Crippen molar-refractivity contribution in [1.82, 2.24) is 14.9 Å². The number of thiocarbonyl (C=S) groups is 1. The Morgan fingerprint density at radius 2 is 2.08 bits per heavy atom. The number of aromatic amines is 1. The molecule has 0 spiro atoms. The molecule has 4 nitrogen and oxygen atoms in total. The van der Waals surface area contributed by atoms with Gasteiger partial charge in [-0.1, -0.05) is 29.8 Å². The number of benzene rings is 2. The second-order valence-corrected chi connectivity index (χ2v) is 7.56. The second kappa shape index (κ2) is 7.08. The molecule has 1 unspecified atom stereocenters. The molecule has 1 aromatic heterocycles. The number of H-pyrrole nitrogens is 1. The van der Waals surface area contributed by atoms with Crippen LogP contribution in [-0.4, -0.2) is 33.1 Å². The van der Waals surface area contributed by atoms with E-state index in [-0.39, 0.29) is 0 Å². The molecule has 0 saturated carbocycles. The molecular formula is C21H24N4S. The summed E-state index contributed by atoms with van der Waals surface area (Å²) in [7, 11) is 0. The highest BCUT2D eigenvalue weighted by Crippen LogP contribution is 2.27. The topological polar surface area (TPSA) is 44.0 Å². The molecule has 5 heteroatoms. The maximum Gasteiger partial charge on any atom is 0.173 e. The van der Waals surface area contributed by atoms with Crippen LogP contribution in [0.15, 0.2) is 42.5 Å². The monoisotopic (exact) mass is 364 g/mol. The summed E-state index contributed by atoms with van der Waals surface area (Å²) in [6.45, 7) is 6.12. The molecule has 1 fully saturated rings. The highest BCUT2D eigenvalue weighted by Gasteiger charge is 2.25. The smallest absolute Gasteiger partial charge is 0.173 e. The van der Waals surface area contributed by atoms with Crippen LogP contribution in [0.3, 0.4) is 0 Å². The van der Waals surface area contributed by atoms with E-state index in [1.165, 1.54) is 11.1 Å². The zero-order valence-electron chi connectivity index (χ0n) is 15.2. The van der Waals surface area contributed by atoms with Crippen LogP contribution in [0.4, 0.5) is 5.69 Å². The van der Waals surface area contributed by atoms with Gasteiger partial charge in [-0.05, 0) is 62.7 Å². The van der Waals surface area contributed by atoms with E-state index in [0.717, 1.165) is 53.6 Å². The first-order valence-corrected chi connectivity index (χ1v) is 9.59. The van der Waals surface area contributed by atoms with Gasteiger partial charge in [0.15, 0.2) is 5.11 Å². The number of imidazole rings is 1. The number of piperidine rings is 1.